The predicted molar refractivity (Wildman–Crippen MR) is 138 cm³/mol. The Morgan fingerprint density at radius 1 is 0.971 bits per heavy atom. The molecule has 0 radical (unpaired) electrons. The Morgan fingerprint density at radius 3 is 2.49 bits per heavy atom. The van der Waals surface area contributed by atoms with Crippen LogP contribution in [0.5, 0.6) is 11.5 Å². The van der Waals surface area contributed by atoms with E-state index in [1.807, 2.05) is 73.7 Å². The minimum Gasteiger partial charge on any atom is -0.454 e. The average Bonchev–Trinajstić information content (AvgIpc) is 3.51. The number of carbonyl (C=O) groups is 1. The molecule has 0 bridgehead atoms. The molecule has 8 heteroatoms. The van der Waals surface area contributed by atoms with Crippen LogP contribution in [0.3, 0.4) is 0 Å². The Bertz CT molecular complexity index is 1320. The van der Waals surface area contributed by atoms with Crippen LogP contribution in [0.15, 0.2) is 72.1 Å². The summed E-state index contributed by atoms with van der Waals surface area (Å²) in [6.07, 6.45) is 0. The molecular weight excluding hydrogens is 482 g/mol. The van der Waals surface area contributed by atoms with Gasteiger partial charge in [0.15, 0.2) is 11.5 Å². The average molecular weight is 506 g/mol. The third kappa shape index (κ3) is 6.00. The lowest BCUT2D eigenvalue weighted by Gasteiger charge is -2.22. The van der Waals surface area contributed by atoms with Crippen molar-refractivity contribution in [3.8, 4) is 11.5 Å². The second-order valence-electron chi connectivity index (χ2n) is 8.41. The summed E-state index contributed by atoms with van der Waals surface area (Å²) >= 11 is 7.56. The SMILES string of the molecule is Cc1ccc(NC(=O)c2csc(CN(Cc3ccc(Cl)cc3)Cc3ccc4c(c3)OCO4)n2)cc1. The minimum absolute atomic E-state index is 0.212. The third-order valence-electron chi connectivity index (χ3n) is 5.62. The Morgan fingerprint density at radius 2 is 1.69 bits per heavy atom. The number of nitrogens with zero attached hydrogens (tertiary/aromatic N) is 2. The Labute approximate surface area is 213 Å². The molecule has 3 aromatic carbocycles. The molecule has 6 nitrogen and oxygen atoms in total. The number of benzene rings is 3. The van der Waals surface area contributed by atoms with E-state index in [0.717, 1.165) is 38.9 Å². The first-order chi connectivity index (χ1) is 17.0. The number of rotatable bonds is 8. The summed E-state index contributed by atoms with van der Waals surface area (Å²) < 4.78 is 11.0. The minimum atomic E-state index is -0.212. The number of anilines is 1. The van der Waals surface area contributed by atoms with Crippen molar-refractivity contribution in [2.24, 2.45) is 0 Å². The van der Waals surface area contributed by atoms with E-state index < -0.39 is 0 Å². The molecular formula is C27H24ClN3O3S. The zero-order chi connectivity index (χ0) is 24.2. The van der Waals surface area contributed by atoms with Gasteiger partial charge in [0.05, 0.1) is 6.54 Å². The number of thiazole rings is 1. The van der Waals surface area contributed by atoms with E-state index in [1.54, 1.807) is 5.38 Å². The summed E-state index contributed by atoms with van der Waals surface area (Å²) in [5.74, 6) is 1.32. The molecule has 1 aromatic heterocycles. The first-order valence-electron chi connectivity index (χ1n) is 11.2. The lowest BCUT2D eigenvalue weighted by atomic mass is 10.1. The van der Waals surface area contributed by atoms with Crippen LogP contribution >= 0.6 is 22.9 Å². The maximum atomic E-state index is 12.7. The summed E-state index contributed by atoms with van der Waals surface area (Å²) in [7, 11) is 0. The third-order valence-corrected chi connectivity index (χ3v) is 6.70. The van der Waals surface area contributed by atoms with Crippen LogP contribution in [-0.2, 0) is 19.6 Å². The smallest absolute Gasteiger partial charge is 0.275 e. The number of aryl methyl sites for hydroxylation is 1. The number of amides is 1. The fraction of sp³-hybridized carbons (Fsp3) is 0.185. The van der Waals surface area contributed by atoms with Crippen LogP contribution < -0.4 is 14.8 Å². The fourth-order valence-corrected chi connectivity index (χ4v) is 4.77. The van der Waals surface area contributed by atoms with Gasteiger partial charge in [0.2, 0.25) is 6.79 Å². The summed E-state index contributed by atoms with van der Waals surface area (Å²) in [6, 6.07) is 21.5. The van der Waals surface area contributed by atoms with E-state index in [2.05, 4.69) is 15.2 Å². The molecule has 5 rings (SSSR count). The lowest BCUT2D eigenvalue weighted by Crippen LogP contribution is -2.22. The summed E-state index contributed by atoms with van der Waals surface area (Å²) in [5, 5.41) is 6.30. The lowest BCUT2D eigenvalue weighted by molar-refractivity contribution is 0.102. The van der Waals surface area contributed by atoms with Crippen LogP contribution in [-0.4, -0.2) is 22.6 Å². The fourth-order valence-electron chi connectivity index (χ4n) is 3.82. The number of halogens is 1. The molecule has 0 unspecified atom stereocenters. The van der Waals surface area contributed by atoms with Crippen molar-refractivity contribution in [2.45, 2.75) is 26.6 Å². The number of fused-ring (bicyclic) bond motifs is 1. The van der Waals surface area contributed by atoms with Crippen LogP contribution in [0.4, 0.5) is 5.69 Å². The quantitative estimate of drug-likeness (QED) is 0.305. The molecule has 0 atom stereocenters. The monoisotopic (exact) mass is 505 g/mol. The first-order valence-corrected chi connectivity index (χ1v) is 12.5. The maximum absolute atomic E-state index is 12.7. The van der Waals surface area contributed by atoms with E-state index in [9.17, 15) is 4.79 Å². The number of carbonyl (C=O) groups excluding carboxylic acids is 1. The van der Waals surface area contributed by atoms with Gasteiger partial charge in [0.1, 0.15) is 10.7 Å². The zero-order valence-electron chi connectivity index (χ0n) is 19.2. The van der Waals surface area contributed by atoms with Crippen molar-refractivity contribution in [3.63, 3.8) is 0 Å². The van der Waals surface area contributed by atoms with E-state index in [4.69, 9.17) is 21.1 Å². The number of aromatic nitrogens is 1. The predicted octanol–water partition coefficient (Wildman–Crippen LogP) is 6.29. The molecule has 0 fully saturated rings. The maximum Gasteiger partial charge on any atom is 0.275 e. The van der Waals surface area contributed by atoms with Crippen molar-refractivity contribution in [1.29, 1.82) is 0 Å². The van der Waals surface area contributed by atoms with Gasteiger partial charge in [0.25, 0.3) is 5.91 Å². The first kappa shape index (κ1) is 23.4. The molecule has 2 heterocycles. The van der Waals surface area contributed by atoms with Gasteiger partial charge in [-0.3, -0.25) is 9.69 Å². The van der Waals surface area contributed by atoms with Crippen molar-refractivity contribution in [1.82, 2.24) is 9.88 Å². The standard InChI is InChI=1S/C27H24ClN3O3S/c1-18-2-9-22(10-3-18)29-27(32)23-16-35-26(30-23)15-31(13-19-4-7-21(28)8-5-19)14-20-6-11-24-25(12-20)34-17-33-24/h2-12,16H,13-15,17H2,1H3,(H,29,32). The van der Waals surface area contributed by atoms with Crippen molar-refractivity contribution < 1.29 is 14.3 Å². The molecule has 35 heavy (non-hydrogen) atoms. The Hall–Kier alpha value is -3.39. The van der Waals surface area contributed by atoms with Crippen LogP contribution in [0, 0.1) is 6.92 Å². The van der Waals surface area contributed by atoms with E-state index in [1.165, 1.54) is 11.3 Å². The van der Waals surface area contributed by atoms with Crippen LogP contribution in [0.25, 0.3) is 0 Å². The van der Waals surface area contributed by atoms with Crippen LogP contribution in [0.2, 0.25) is 5.02 Å². The normalized spacial score (nSPS) is 12.2. The highest BCUT2D eigenvalue weighted by Crippen LogP contribution is 2.33. The van der Waals surface area contributed by atoms with Gasteiger partial charge >= 0.3 is 0 Å². The van der Waals surface area contributed by atoms with E-state index in [0.29, 0.717) is 30.4 Å². The number of ether oxygens (including phenoxy) is 2. The van der Waals surface area contributed by atoms with Gasteiger partial charge in [-0.1, -0.05) is 47.5 Å². The van der Waals surface area contributed by atoms with Crippen molar-refractivity contribution in [3.05, 3.63) is 105 Å². The topological polar surface area (TPSA) is 63.7 Å². The van der Waals surface area contributed by atoms with Gasteiger partial charge in [0, 0.05) is 29.2 Å². The molecule has 4 aromatic rings. The van der Waals surface area contributed by atoms with Crippen molar-refractivity contribution >= 4 is 34.5 Å². The largest absolute Gasteiger partial charge is 0.454 e. The van der Waals surface area contributed by atoms with E-state index >= 15 is 0 Å². The summed E-state index contributed by atoms with van der Waals surface area (Å²) in [4.78, 5) is 19.6. The van der Waals surface area contributed by atoms with Crippen LogP contribution in [0.1, 0.15) is 32.2 Å². The molecule has 1 amide bonds. The van der Waals surface area contributed by atoms with Gasteiger partial charge in [-0.05, 0) is 54.4 Å². The molecule has 0 spiro atoms. The second-order valence-corrected chi connectivity index (χ2v) is 9.78. The van der Waals surface area contributed by atoms with Gasteiger partial charge in [-0.25, -0.2) is 4.98 Å². The summed E-state index contributed by atoms with van der Waals surface area (Å²) in [6.45, 7) is 4.25. The molecule has 0 saturated carbocycles. The zero-order valence-corrected chi connectivity index (χ0v) is 20.7. The Kier molecular flexibility index (Phi) is 6.99. The summed E-state index contributed by atoms with van der Waals surface area (Å²) in [5.41, 5.74) is 4.56. The van der Waals surface area contributed by atoms with E-state index in [-0.39, 0.29) is 12.7 Å². The highest BCUT2D eigenvalue weighted by atomic mass is 35.5. The molecule has 0 aliphatic carbocycles. The van der Waals surface area contributed by atoms with Gasteiger partial charge < -0.3 is 14.8 Å². The van der Waals surface area contributed by atoms with Gasteiger partial charge in [-0.2, -0.15) is 0 Å². The number of hydrogen-bond acceptors (Lipinski definition) is 6. The van der Waals surface area contributed by atoms with Gasteiger partial charge in [-0.15, -0.1) is 11.3 Å². The number of nitrogens with one attached hydrogen (secondary N) is 1. The molecule has 178 valence electrons. The molecule has 1 N–H and O–H groups in total. The number of hydrogen-bond donors (Lipinski definition) is 1. The molecule has 0 saturated heterocycles. The highest BCUT2D eigenvalue weighted by molar-refractivity contribution is 7.09. The van der Waals surface area contributed by atoms with Crippen molar-refractivity contribution in [2.75, 3.05) is 12.1 Å². The Balaban J connectivity index is 1.31. The second kappa shape index (κ2) is 10.5. The molecule has 1 aliphatic rings. The highest BCUT2D eigenvalue weighted by Gasteiger charge is 2.17. The molecule has 1 aliphatic heterocycles.